The fourth-order valence-corrected chi connectivity index (χ4v) is 3.15. The van der Waals surface area contributed by atoms with Crippen molar-refractivity contribution in [1.82, 2.24) is 5.43 Å². The summed E-state index contributed by atoms with van der Waals surface area (Å²) >= 11 is 7.24. The fourth-order valence-electron chi connectivity index (χ4n) is 2.33. The van der Waals surface area contributed by atoms with Crippen molar-refractivity contribution in [3.05, 3.63) is 94.8 Å². The number of hydrogen-bond donors (Lipinski definition) is 1. The number of thioether (sulfide) groups is 1. The van der Waals surface area contributed by atoms with Gasteiger partial charge in [0.15, 0.2) is 0 Å². The van der Waals surface area contributed by atoms with Crippen LogP contribution in [0.3, 0.4) is 0 Å². The Labute approximate surface area is 177 Å². The molecule has 7 heteroatoms. The molecule has 0 fully saturated rings. The lowest BCUT2D eigenvalue weighted by Crippen LogP contribution is -2.19. The topological polar surface area (TPSA) is 50.7 Å². The molecule has 148 valence electrons. The SMILES string of the molecule is O=C(CSc1ccc(Cl)cc1)N/N=C\c1ccc(OCc2cccc(F)c2)cc1. The number of halogens is 2. The van der Waals surface area contributed by atoms with Crippen LogP contribution in [-0.4, -0.2) is 17.9 Å². The Morgan fingerprint density at radius 3 is 2.59 bits per heavy atom. The maximum atomic E-state index is 13.2. The van der Waals surface area contributed by atoms with Crippen LogP contribution in [0, 0.1) is 5.82 Å². The first-order valence-electron chi connectivity index (χ1n) is 8.76. The van der Waals surface area contributed by atoms with Crippen LogP contribution >= 0.6 is 23.4 Å². The lowest BCUT2D eigenvalue weighted by molar-refractivity contribution is -0.118. The molecule has 3 rings (SSSR count). The summed E-state index contributed by atoms with van der Waals surface area (Å²) in [6, 6.07) is 20.8. The minimum absolute atomic E-state index is 0.198. The highest BCUT2D eigenvalue weighted by molar-refractivity contribution is 8.00. The second-order valence-corrected chi connectivity index (χ2v) is 7.51. The molecular formula is C22H18ClFN2O2S. The normalized spacial score (nSPS) is 10.8. The van der Waals surface area contributed by atoms with E-state index in [0.29, 0.717) is 10.8 Å². The van der Waals surface area contributed by atoms with Crippen molar-refractivity contribution in [1.29, 1.82) is 0 Å². The number of hydrogen-bond acceptors (Lipinski definition) is 4. The molecule has 0 heterocycles. The second kappa shape index (κ2) is 10.6. The molecule has 29 heavy (non-hydrogen) atoms. The van der Waals surface area contributed by atoms with Gasteiger partial charge in [-0.05, 0) is 71.8 Å². The summed E-state index contributed by atoms with van der Waals surface area (Å²) in [7, 11) is 0. The first-order valence-corrected chi connectivity index (χ1v) is 10.1. The Balaban J connectivity index is 1.42. The molecule has 0 atom stereocenters. The molecular weight excluding hydrogens is 411 g/mol. The van der Waals surface area contributed by atoms with Crippen LogP contribution in [0.5, 0.6) is 5.75 Å². The monoisotopic (exact) mass is 428 g/mol. The van der Waals surface area contributed by atoms with Crippen LogP contribution < -0.4 is 10.2 Å². The van der Waals surface area contributed by atoms with Gasteiger partial charge in [-0.15, -0.1) is 11.8 Å². The minimum atomic E-state index is -0.286. The number of nitrogens with one attached hydrogen (secondary N) is 1. The van der Waals surface area contributed by atoms with Crippen LogP contribution in [0.1, 0.15) is 11.1 Å². The molecule has 3 aromatic rings. The maximum Gasteiger partial charge on any atom is 0.250 e. The van der Waals surface area contributed by atoms with Crippen molar-refractivity contribution >= 4 is 35.5 Å². The van der Waals surface area contributed by atoms with Crippen LogP contribution in [0.15, 0.2) is 82.8 Å². The van der Waals surface area contributed by atoms with Crippen molar-refractivity contribution in [2.24, 2.45) is 5.10 Å². The summed E-state index contributed by atoms with van der Waals surface area (Å²) in [5.74, 6) is 0.434. The van der Waals surface area contributed by atoms with Gasteiger partial charge in [0.05, 0.1) is 12.0 Å². The second-order valence-electron chi connectivity index (χ2n) is 6.02. The highest BCUT2D eigenvalue weighted by Gasteiger charge is 2.02. The van der Waals surface area contributed by atoms with E-state index in [4.69, 9.17) is 16.3 Å². The van der Waals surface area contributed by atoms with Crippen molar-refractivity contribution in [2.75, 3.05) is 5.75 Å². The molecule has 4 nitrogen and oxygen atoms in total. The Morgan fingerprint density at radius 2 is 1.86 bits per heavy atom. The van der Waals surface area contributed by atoms with Crippen LogP contribution in [0.4, 0.5) is 4.39 Å². The molecule has 0 aromatic heterocycles. The van der Waals surface area contributed by atoms with Gasteiger partial charge in [-0.2, -0.15) is 5.10 Å². The fraction of sp³-hybridized carbons (Fsp3) is 0.0909. The molecule has 0 aliphatic heterocycles. The molecule has 0 unspecified atom stereocenters. The largest absolute Gasteiger partial charge is 0.489 e. The van der Waals surface area contributed by atoms with Crippen molar-refractivity contribution < 1.29 is 13.9 Å². The number of amides is 1. The molecule has 0 aliphatic carbocycles. The van der Waals surface area contributed by atoms with Gasteiger partial charge in [0.1, 0.15) is 18.2 Å². The number of carbonyl (C=O) groups excluding carboxylic acids is 1. The zero-order valence-electron chi connectivity index (χ0n) is 15.3. The molecule has 0 radical (unpaired) electrons. The van der Waals surface area contributed by atoms with E-state index in [2.05, 4.69) is 10.5 Å². The first kappa shape index (κ1) is 20.9. The van der Waals surface area contributed by atoms with Crippen LogP contribution in [-0.2, 0) is 11.4 Å². The lowest BCUT2D eigenvalue weighted by Gasteiger charge is -2.06. The van der Waals surface area contributed by atoms with E-state index in [9.17, 15) is 9.18 Å². The average molecular weight is 429 g/mol. The molecule has 0 saturated carbocycles. The lowest BCUT2D eigenvalue weighted by atomic mass is 10.2. The number of carbonyl (C=O) groups is 1. The number of ether oxygens (including phenoxy) is 1. The molecule has 3 aromatic carbocycles. The highest BCUT2D eigenvalue weighted by atomic mass is 35.5. The van der Waals surface area contributed by atoms with Gasteiger partial charge < -0.3 is 4.74 Å². The molecule has 0 saturated heterocycles. The van der Waals surface area contributed by atoms with Gasteiger partial charge in [0, 0.05) is 9.92 Å². The van der Waals surface area contributed by atoms with E-state index < -0.39 is 0 Å². The number of nitrogens with zero attached hydrogens (tertiary/aromatic N) is 1. The Hall–Kier alpha value is -2.83. The van der Waals surface area contributed by atoms with Gasteiger partial charge in [0.2, 0.25) is 5.91 Å². The quantitative estimate of drug-likeness (QED) is 0.301. The van der Waals surface area contributed by atoms with Crippen LogP contribution in [0.2, 0.25) is 5.02 Å². The third-order valence-corrected chi connectivity index (χ3v) is 5.03. The highest BCUT2D eigenvalue weighted by Crippen LogP contribution is 2.20. The summed E-state index contributed by atoms with van der Waals surface area (Å²) in [5.41, 5.74) is 4.07. The van der Waals surface area contributed by atoms with E-state index in [1.165, 1.54) is 23.9 Å². The summed E-state index contributed by atoms with van der Waals surface area (Å²) in [5, 5.41) is 4.62. The average Bonchev–Trinajstić information content (AvgIpc) is 2.73. The molecule has 1 N–H and O–H groups in total. The Kier molecular flexibility index (Phi) is 7.67. The van der Waals surface area contributed by atoms with E-state index >= 15 is 0 Å². The Morgan fingerprint density at radius 1 is 1.10 bits per heavy atom. The number of benzene rings is 3. The van der Waals surface area contributed by atoms with Gasteiger partial charge in [-0.25, -0.2) is 9.82 Å². The van der Waals surface area contributed by atoms with E-state index in [1.54, 1.807) is 42.6 Å². The Bertz CT molecular complexity index is 979. The standard InChI is InChI=1S/C22H18ClFN2O2S/c23-18-6-10-21(11-7-18)29-15-22(27)26-25-13-16-4-8-20(9-5-16)28-14-17-2-1-3-19(24)12-17/h1-13H,14-15H2,(H,26,27)/b25-13-. The van der Waals surface area contributed by atoms with Crippen molar-refractivity contribution in [3.63, 3.8) is 0 Å². The predicted octanol–water partition coefficient (Wildman–Crippen LogP) is 5.30. The van der Waals surface area contributed by atoms with Crippen molar-refractivity contribution in [2.45, 2.75) is 11.5 Å². The van der Waals surface area contributed by atoms with E-state index in [0.717, 1.165) is 16.0 Å². The first-order chi connectivity index (χ1) is 14.1. The molecule has 0 bridgehead atoms. The zero-order valence-corrected chi connectivity index (χ0v) is 16.9. The molecule has 0 spiro atoms. The van der Waals surface area contributed by atoms with Gasteiger partial charge in [-0.3, -0.25) is 4.79 Å². The van der Waals surface area contributed by atoms with Gasteiger partial charge >= 0.3 is 0 Å². The molecule has 0 aliphatic rings. The smallest absolute Gasteiger partial charge is 0.250 e. The van der Waals surface area contributed by atoms with E-state index in [1.807, 2.05) is 24.3 Å². The number of rotatable bonds is 8. The number of hydrazone groups is 1. The van der Waals surface area contributed by atoms with Crippen molar-refractivity contribution in [3.8, 4) is 5.75 Å². The third-order valence-electron chi connectivity index (χ3n) is 3.76. The summed E-state index contributed by atoms with van der Waals surface area (Å²) in [4.78, 5) is 12.8. The predicted molar refractivity (Wildman–Crippen MR) is 115 cm³/mol. The zero-order chi connectivity index (χ0) is 20.5. The third kappa shape index (κ3) is 7.25. The van der Waals surface area contributed by atoms with Crippen LogP contribution in [0.25, 0.3) is 0 Å². The summed E-state index contributed by atoms with van der Waals surface area (Å²) < 4.78 is 18.8. The summed E-state index contributed by atoms with van der Waals surface area (Å²) in [6.07, 6.45) is 1.56. The van der Waals surface area contributed by atoms with Gasteiger partial charge in [0.25, 0.3) is 0 Å². The van der Waals surface area contributed by atoms with E-state index in [-0.39, 0.29) is 24.1 Å². The van der Waals surface area contributed by atoms with Gasteiger partial charge in [-0.1, -0.05) is 23.7 Å². The summed E-state index contributed by atoms with van der Waals surface area (Å²) in [6.45, 7) is 0.284. The minimum Gasteiger partial charge on any atom is -0.489 e. The molecule has 1 amide bonds. The maximum absolute atomic E-state index is 13.2.